The number of non-ortho nitro benzene ring substituents is 1. The summed E-state index contributed by atoms with van der Waals surface area (Å²) >= 11 is 0. The topological polar surface area (TPSA) is 146 Å². The number of benzene rings is 1. The summed E-state index contributed by atoms with van der Waals surface area (Å²) in [6, 6.07) is 6.71. The van der Waals surface area contributed by atoms with E-state index in [0.29, 0.717) is 18.5 Å². The van der Waals surface area contributed by atoms with Crippen LogP contribution < -0.4 is 14.9 Å². The van der Waals surface area contributed by atoms with Gasteiger partial charge in [-0.05, 0) is 12.1 Å². The first-order valence-electron chi connectivity index (χ1n) is 9.62. The van der Waals surface area contributed by atoms with Crippen molar-refractivity contribution < 1.29 is 13.3 Å². The molecule has 0 aliphatic carbocycles. The van der Waals surface area contributed by atoms with Crippen molar-refractivity contribution in [2.45, 2.75) is 4.90 Å². The number of hydrogen-bond donors (Lipinski definition) is 2. The molecule has 0 spiro atoms. The van der Waals surface area contributed by atoms with Crippen LogP contribution >= 0.6 is 24.0 Å². The summed E-state index contributed by atoms with van der Waals surface area (Å²) in [6.45, 7) is 3.33. The molecule has 2 N–H and O–H groups in total. The molecule has 3 rings (SSSR count). The van der Waals surface area contributed by atoms with Crippen molar-refractivity contribution >= 4 is 51.6 Å². The Labute approximate surface area is 203 Å². The molecule has 1 fully saturated rings. The SMILES string of the molecule is CN=C(NCCNS(=O)(=O)c1cccc([N+](=O)[O-])c1)N1CCN(c2ncccn2)CC1.I. The molecule has 0 unspecified atom stereocenters. The molecule has 14 heteroatoms. The first-order valence-corrected chi connectivity index (χ1v) is 11.1. The zero-order valence-corrected chi connectivity index (χ0v) is 20.6. The number of anilines is 1. The van der Waals surface area contributed by atoms with Crippen LogP contribution in [-0.2, 0) is 10.0 Å². The largest absolute Gasteiger partial charge is 0.355 e. The Morgan fingerprint density at radius 2 is 1.84 bits per heavy atom. The summed E-state index contributed by atoms with van der Waals surface area (Å²) in [4.78, 5) is 27.0. The van der Waals surface area contributed by atoms with E-state index in [1.807, 2.05) is 0 Å². The van der Waals surface area contributed by atoms with Gasteiger partial charge >= 0.3 is 0 Å². The Morgan fingerprint density at radius 1 is 1.16 bits per heavy atom. The maximum Gasteiger partial charge on any atom is 0.270 e. The van der Waals surface area contributed by atoms with Crippen molar-refractivity contribution in [3.05, 3.63) is 52.8 Å². The molecule has 12 nitrogen and oxygen atoms in total. The summed E-state index contributed by atoms with van der Waals surface area (Å²) in [5.41, 5.74) is -0.276. The second-order valence-electron chi connectivity index (χ2n) is 6.65. The average Bonchev–Trinajstić information content (AvgIpc) is 2.80. The van der Waals surface area contributed by atoms with Gasteiger partial charge in [0.25, 0.3) is 5.69 Å². The average molecular weight is 576 g/mol. The van der Waals surface area contributed by atoms with E-state index in [-0.39, 0.29) is 41.1 Å². The molecule has 1 saturated heterocycles. The number of nitro benzene ring substituents is 1. The third-order valence-electron chi connectivity index (χ3n) is 4.66. The number of hydrogen-bond acceptors (Lipinski definition) is 8. The smallest absolute Gasteiger partial charge is 0.270 e. The molecule has 1 aromatic carbocycles. The summed E-state index contributed by atoms with van der Waals surface area (Å²) in [7, 11) is -2.18. The molecule has 1 aliphatic rings. The van der Waals surface area contributed by atoms with Crippen LogP contribution in [0.2, 0.25) is 0 Å². The van der Waals surface area contributed by atoms with Gasteiger partial charge in [-0.15, -0.1) is 24.0 Å². The van der Waals surface area contributed by atoms with Crippen molar-refractivity contribution in [1.82, 2.24) is 24.9 Å². The lowest BCUT2D eigenvalue weighted by atomic mass is 10.3. The van der Waals surface area contributed by atoms with E-state index >= 15 is 0 Å². The Balaban J connectivity index is 0.00000363. The van der Waals surface area contributed by atoms with Gasteiger partial charge in [0.2, 0.25) is 16.0 Å². The van der Waals surface area contributed by atoms with Crippen molar-refractivity contribution in [2.24, 2.45) is 4.99 Å². The summed E-state index contributed by atoms with van der Waals surface area (Å²) in [5, 5.41) is 14.0. The number of nitro groups is 1. The zero-order valence-electron chi connectivity index (χ0n) is 17.4. The Bertz CT molecular complexity index is 1030. The lowest BCUT2D eigenvalue weighted by Crippen LogP contribution is -2.53. The highest BCUT2D eigenvalue weighted by molar-refractivity contribution is 14.0. The number of aliphatic imine (C=N–C) groups is 1. The van der Waals surface area contributed by atoms with E-state index in [0.717, 1.165) is 32.2 Å². The van der Waals surface area contributed by atoms with Crippen LogP contribution in [0.25, 0.3) is 0 Å². The molecule has 0 radical (unpaired) electrons. The first-order chi connectivity index (χ1) is 14.9. The van der Waals surface area contributed by atoms with Crippen molar-refractivity contribution in [3.63, 3.8) is 0 Å². The minimum Gasteiger partial charge on any atom is -0.355 e. The lowest BCUT2D eigenvalue weighted by molar-refractivity contribution is -0.385. The molecular formula is C18H25IN8O4S. The standard InChI is InChI=1S/C18H24N8O4S.HI/c1-19-17(24-10-12-25(13-11-24)18-20-6-3-7-21-18)22-8-9-23-31(29,30)16-5-2-4-15(14-16)26(27)28;/h2-7,14,23H,8-13H2,1H3,(H,19,22);1H. The van der Waals surface area contributed by atoms with Crippen LogP contribution in [-0.4, -0.2) is 80.5 Å². The van der Waals surface area contributed by atoms with Gasteiger partial charge in [0.1, 0.15) is 0 Å². The van der Waals surface area contributed by atoms with Gasteiger partial charge < -0.3 is 15.1 Å². The van der Waals surface area contributed by atoms with Gasteiger partial charge in [-0.2, -0.15) is 0 Å². The minimum absolute atomic E-state index is 0. The highest BCUT2D eigenvalue weighted by Gasteiger charge is 2.21. The summed E-state index contributed by atoms with van der Waals surface area (Å²) < 4.78 is 27.2. The molecule has 2 heterocycles. The molecule has 0 bridgehead atoms. The molecule has 1 aromatic heterocycles. The van der Waals surface area contributed by atoms with Crippen molar-refractivity contribution in [2.75, 3.05) is 51.2 Å². The van der Waals surface area contributed by atoms with E-state index < -0.39 is 14.9 Å². The number of halogens is 1. The predicted molar refractivity (Wildman–Crippen MR) is 131 cm³/mol. The number of aromatic nitrogens is 2. The fourth-order valence-corrected chi connectivity index (χ4v) is 4.18. The quantitative estimate of drug-likeness (QED) is 0.121. The van der Waals surface area contributed by atoms with Gasteiger partial charge in [-0.3, -0.25) is 15.1 Å². The van der Waals surface area contributed by atoms with Gasteiger partial charge in [0, 0.05) is 70.8 Å². The Kier molecular flexibility index (Phi) is 9.52. The molecule has 1 aliphatic heterocycles. The summed E-state index contributed by atoms with van der Waals surface area (Å²) in [5.74, 6) is 1.36. The maximum atomic E-state index is 12.4. The molecule has 0 amide bonds. The molecule has 174 valence electrons. The van der Waals surface area contributed by atoms with Crippen LogP contribution in [0.1, 0.15) is 0 Å². The monoisotopic (exact) mass is 576 g/mol. The lowest BCUT2D eigenvalue weighted by Gasteiger charge is -2.36. The number of sulfonamides is 1. The number of nitrogens with zero attached hydrogens (tertiary/aromatic N) is 6. The Hall–Kier alpha value is -2.59. The van der Waals surface area contributed by atoms with E-state index in [1.165, 1.54) is 18.2 Å². The van der Waals surface area contributed by atoms with E-state index in [9.17, 15) is 18.5 Å². The van der Waals surface area contributed by atoms with Gasteiger partial charge in [0.15, 0.2) is 5.96 Å². The highest BCUT2D eigenvalue weighted by atomic mass is 127. The normalized spacial score (nSPS) is 14.6. The second-order valence-corrected chi connectivity index (χ2v) is 8.42. The maximum absolute atomic E-state index is 12.4. The second kappa shape index (κ2) is 11.9. The van der Waals surface area contributed by atoms with Crippen LogP contribution in [0.4, 0.5) is 11.6 Å². The van der Waals surface area contributed by atoms with Crippen LogP contribution in [0.5, 0.6) is 0 Å². The van der Waals surface area contributed by atoms with Crippen molar-refractivity contribution in [3.8, 4) is 0 Å². The predicted octanol–water partition coefficient (Wildman–Crippen LogP) is 0.679. The Morgan fingerprint density at radius 3 is 2.47 bits per heavy atom. The minimum atomic E-state index is -3.85. The third kappa shape index (κ3) is 6.70. The van der Waals surface area contributed by atoms with Gasteiger partial charge in [-0.1, -0.05) is 6.07 Å². The number of rotatable bonds is 7. The van der Waals surface area contributed by atoms with E-state index in [1.54, 1.807) is 25.5 Å². The number of piperazine rings is 1. The zero-order chi connectivity index (χ0) is 22.3. The third-order valence-corrected chi connectivity index (χ3v) is 6.12. The first kappa shape index (κ1) is 25.7. The van der Waals surface area contributed by atoms with Crippen LogP contribution in [0.15, 0.2) is 52.6 Å². The van der Waals surface area contributed by atoms with E-state index in [2.05, 4.69) is 34.8 Å². The molecular weight excluding hydrogens is 551 g/mol. The van der Waals surface area contributed by atoms with Crippen LogP contribution in [0, 0.1) is 10.1 Å². The fraction of sp³-hybridized carbons (Fsp3) is 0.389. The molecule has 0 atom stereocenters. The molecule has 0 saturated carbocycles. The fourth-order valence-electron chi connectivity index (χ4n) is 3.11. The van der Waals surface area contributed by atoms with Gasteiger partial charge in [0.05, 0.1) is 9.82 Å². The highest BCUT2D eigenvalue weighted by Crippen LogP contribution is 2.17. The number of guanidine groups is 1. The van der Waals surface area contributed by atoms with Crippen LogP contribution in [0.3, 0.4) is 0 Å². The van der Waals surface area contributed by atoms with E-state index in [4.69, 9.17) is 0 Å². The van der Waals surface area contributed by atoms with Gasteiger partial charge in [-0.25, -0.2) is 23.1 Å². The summed E-state index contributed by atoms with van der Waals surface area (Å²) in [6.07, 6.45) is 3.42. The molecule has 2 aromatic rings. The molecule has 32 heavy (non-hydrogen) atoms. The van der Waals surface area contributed by atoms with Crippen molar-refractivity contribution in [1.29, 1.82) is 0 Å². The number of nitrogens with one attached hydrogen (secondary N) is 2.